The molecule has 0 saturated carbocycles. The molecule has 0 aliphatic rings. The predicted molar refractivity (Wildman–Crippen MR) is 52.5 cm³/mol. The van der Waals surface area contributed by atoms with Crippen molar-refractivity contribution in [3.8, 4) is 0 Å². The van der Waals surface area contributed by atoms with Crippen LogP contribution in [0.2, 0.25) is 5.02 Å². The standard InChI is InChI=1S/C7H4BrClF2O2S/c8-7(10,11)14(12,13)6-3-1-5(9)2-4-6/h1-4H. The molecule has 0 saturated heterocycles. The topological polar surface area (TPSA) is 34.1 Å². The third kappa shape index (κ3) is 2.24. The van der Waals surface area contributed by atoms with Gasteiger partial charge < -0.3 is 0 Å². The molecule has 0 N–H and O–H groups in total. The molecule has 0 atom stereocenters. The van der Waals surface area contributed by atoms with E-state index in [9.17, 15) is 17.2 Å². The van der Waals surface area contributed by atoms with Crippen LogP contribution in [0.4, 0.5) is 8.78 Å². The van der Waals surface area contributed by atoms with Crippen LogP contribution >= 0.6 is 27.5 Å². The molecule has 0 aliphatic heterocycles. The van der Waals surface area contributed by atoms with Crippen LogP contribution in [0.25, 0.3) is 0 Å². The molecule has 1 aromatic rings. The van der Waals surface area contributed by atoms with Gasteiger partial charge in [-0.05, 0) is 24.3 Å². The van der Waals surface area contributed by atoms with E-state index in [1.807, 2.05) is 0 Å². The van der Waals surface area contributed by atoms with Crippen LogP contribution in [-0.2, 0) is 9.84 Å². The molecule has 1 rings (SSSR count). The van der Waals surface area contributed by atoms with Gasteiger partial charge in [0, 0.05) is 21.0 Å². The van der Waals surface area contributed by atoms with E-state index >= 15 is 0 Å². The summed E-state index contributed by atoms with van der Waals surface area (Å²) >= 11 is 7.28. The SMILES string of the molecule is O=S(=O)(c1ccc(Cl)cc1)C(F)(F)Br. The largest absolute Gasteiger partial charge is 0.404 e. The lowest BCUT2D eigenvalue weighted by atomic mass is 10.4. The maximum Gasteiger partial charge on any atom is 0.404 e. The van der Waals surface area contributed by atoms with Crippen LogP contribution in [0.1, 0.15) is 0 Å². The summed E-state index contributed by atoms with van der Waals surface area (Å²) in [7, 11) is -4.67. The number of rotatable bonds is 2. The number of sulfone groups is 1. The van der Waals surface area contributed by atoms with Gasteiger partial charge in [0.25, 0.3) is 9.84 Å². The third-order valence-electron chi connectivity index (χ3n) is 1.43. The van der Waals surface area contributed by atoms with E-state index in [-0.39, 0.29) is 5.02 Å². The fourth-order valence-corrected chi connectivity index (χ4v) is 2.20. The first-order valence-corrected chi connectivity index (χ1v) is 5.97. The van der Waals surface area contributed by atoms with Gasteiger partial charge in [0.15, 0.2) is 0 Å². The summed E-state index contributed by atoms with van der Waals surface area (Å²) < 4.78 is 43.4. The lowest BCUT2D eigenvalue weighted by molar-refractivity contribution is 0.204. The van der Waals surface area contributed by atoms with Gasteiger partial charge in [-0.3, -0.25) is 0 Å². The summed E-state index contributed by atoms with van der Waals surface area (Å²) in [6, 6.07) is 4.50. The van der Waals surface area contributed by atoms with Gasteiger partial charge in [0.1, 0.15) is 0 Å². The fourth-order valence-electron chi connectivity index (χ4n) is 0.747. The van der Waals surface area contributed by atoms with Crippen molar-refractivity contribution in [2.45, 2.75) is 9.06 Å². The molecular weight excluding hydrogens is 301 g/mol. The third-order valence-corrected chi connectivity index (χ3v) is 4.46. The van der Waals surface area contributed by atoms with Gasteiger partial charge in [0.05, 0.1) is 4.90 Å². The van der Waals surface area contributed by atoms with Crippen LogP contribution in [0.5, 0.6) is 0 Å². The van der Waals surface area contributed by atoms with Crippen LogP contribution < -0.4 is 0 Å². The average molecular weight is 306 g/mol. The van der Waals surface area contributed by atoms with Crippen molar-refractivity contribution < 1.29 is 17.2 Å². The zero-order valence-corrected chi connectivity index (χ0v) is 9.70. The quantitative estimate of drug-likeness (QED) is 0.787. The average Bonchev–Trinajstić information content (AvgIpc) is 2.03. The zero-order chi connectivity index (χ0) is 11.0. The van der Waals surface area contributed by atoms with E-state index in [1.165, 1.54) is 12.1 Å². The smallest absolute Gasteiger partial charge is 0.216 e. The first-order valence-electron chi connectivity index (χ1n) is 3.32. The molecule has 0 radical (unpaired) electrons. The molecule has 0 amide bonds. The maximum atomic E-state index is 12.6. The normalized spacial score (nSPS) is 12.9. The van der Waals surface area contributed by atoms with Crippen molar-refractivity contribution in [2.75, 3.05) is 0 Å². The second-order valence-corrected chi connectivity index (χ2v) is 6.35. The highest BCUT2D eigenvalue weighted by atomic mass is 79.9. The minimum atomic E-state index is -4.67. The van der Waals surface area contributed by atoms with E-state index in [0.717, 1.165) is 12.1 Å². The molecule has 2 nitrogen and oxygen atoms in total. The van der Waals surface area contributed by atoms with Crippen molar-refractivity contribution >= 4 is 37.4 Å². The first kappa shape index (κ1) is 11.9. The second-order valence-electron chi connectivity index (χ2n) is 2.40. The highest BCUT2D eigenvalue weighted by Gasteiger charge is 2.43. The zero-order valence-electron chi connectivity index (χ0n) is 6.55. The van der Waals surface area contributed by atoms with Crippen LogP contribution in [0.3, 0.4) is 0 Å². The van der Waals surface area contributed by atoms with Gasteiger partial charge >= 0.3 is 4.16 Å². The Balaban J connectivity index is 3.25. The Bertz CT molecular complexity index is 424. The lowest BCUT2D eigenvalue weighted by Gasteiger charge is -2.09. The maximum absolute atomic E-state index is 12.6. The molecule has 0 aromatic heterocycles. The number of alkyl halides is 3. The molecule has 0 bridgehead atoms. The highest BCUT2D eigenvalue weighted by molar-refractivity contribution is 9.11. The summed E-state index contributed by atoms with van der Waals surface area (Å²) in [6.45, 7) is 0. The second kappa shape index (κ2) is 3.75. The van der Waals surface area contributed by atoms with Gasteiger partial charge in [-0.2, -0.15) is 8.78 Å². The minimum Gasteiger partial charge on any atom is -0.216 e. The fraction of sp³-hybridized carbons (Fsp3) is 0.143. The van der Waals surface area contributed by atoms with Crippen molar-refractivity contribution in [3.63, 3.8) is 0 Å². The Morgan fingerprint density at radius 3 is 2.00 bits per heavy atom. The lowest BCUT2D eigenvalue weighted by Crippen LogP contribution is -2.21. The molecule has 0 aliphatic carbocycles. The van der Waals surface area contributed by atoms with Crippen molar-refractivity contribution in [1.29, 1.82) is 0 Å². The van der Waals surface area contributed by atoms with E-state index in [0.29, 0.717) is 0 Å². The number of benzene rings is 1. The van der Waals surface area contributed by atoms with E-state index in [1.54, 1.807) is 15.9 Å². The first-order chi connectivity index (χ1) is 6.25. The van der Waals surface area contributed by atoms with Gasteiger partial charge in [-0.25, -0.2) is 8.42 Å². The van der Waals surface area contributed by atoms with Gasteiger partial charge in [-0.1, -0.05) is 11.6 Å². The molecule has 0 spiro atoms. The van der Waals surface area contributed by atoms with Crippen molar-refractivity contribution in [1.82, 2.24) is 0 Å². The molecule has 14 heavy (non-hydrogen) atoms. The summed E-state index contributed by atoms with van der Waals surface area (Å²) in [6.07, 6.45) is 0. The van der Waals surface area contributed by atoms with E-state index < -0.39 is 18.9 Å². The summed E-state index contributed by atoms with van der Waals surface area (Å²) in [4.78, 5) is -0.483. The van der Waals surface area contributed by atoms with Crippen LogP contribution in [0.15, 0.2) is 29.2 Å². The highest BCUT2D eigenvalue weighted by Crippen LogP contribution is 2.34. The molecule has 0 heterocycles. The Morgan fingerprint density at radius 2 is 1.64 bits per heavy atom. The number of hydrogen-bond donors (Lipinski definition) is 0. The van der Waals surface area contributed by atoms with E-state index in [4.69, 9.17) is 11.6 Å². The molecule has 0 fully saturated rings. The van der Waals surface area contributed by atoms with Crippen LogP contribution in [-0.4, -0.2) is 12.6 Å². The Morgan fingerprint density at radius 1 is 1.21 bits per heavy atom. The molecule has 78 valence electrons. The van der Waals surface area contributed by atoms with Crippen molar-refractivity contribution in [3.05, 3.63) is 29.3 Å². The molecular formula is C7H4BrClF2O2S. The molecule has 1 aromatic carbocycles. The Kier molecular flexibility index (Phi) is 3.18. The van der Waals surface area contributed by atoms with Crippen LogP contribution in [0, 0.1) is 0 Å². The predicted octanol–water partition coefficient (Wildman–Crippen LogP) is 3.06. The summed E-state index contributed by atoms with van der Waals surface area (Å²) in [5.74, 6) is 0. The molecule has 7 heteroatoms. The summed E-state index contributed by atoms with van der Waals surface area (Å²) in [5, 5.41) is 0.279. The number of hydrogen-bond acceptors (Lipinski definition) is 2. The van der Waals surface area contributed by atoms with Crippen molar-refractivity contribution in [2.24, 2.45) is 0 Å². The van der Waals surface area contributed by atoms with E-state index in [2.05, 4.69) is 0 Å². The van der Waals surface area contributed by atoms with Gasteiger partial charge in [-0.15, -0.1) is 0 Å². The Labute approximate surface area is 92.9 Å². The summed E-state index contributed by atoms with van der Waals surface area (Å²) in [5.41, 5.74) is 0. The molecule has 0 unspecified atom stereocenters. The minimum absolute atomic E-state index is 0.279. The Hall–Kier alpha value is -0.200. The van der Waals surface area contributed by atoms with Gasteiger partial charge in [0.2, 0.25) is 0 Å². The number of halogens is 4. The monoisotopic (exact) mass is 304 g/mol.